The maximum atomic E-state index is 12.0. The second kappa shape index (κ2) is 10.6. The molecule has 9 heteroatoms. The summed E-state index contributed by atoms with van der Waals surface area (Å²) >= 11 is 0. The van der Waals surface area contributed by atoms with Gasteiger partial charge in [-0.15, -0.1) is 0 Å². The highest BCUT2D eigenvalue weighted by Crippen LogP contribution is 2.11. The number of aliphatic imine (C=N–C) groups is 1. The molecule has 26 heavy (non-hydrogen) atoms. The van der Waals surface area contributed by atoms with Gasteiger partial charge in [-0.3, -0.25) is 19.5 Å². The van der Waals surface area contributed by atoms with Crippen molar-refractivity contribution in [3.8, 4) is 0 Å². The minimum absolute atomic E-state index is 0.0716. The Bertz CT molecular complexity index is 521. The van der Waals surface area contributed by atoms with Crippen LogP contribution in [0.5, 0.6) is 0 Å². The summed E-state index contributed by atoms with van der Waals surface area (Å²) in [6.07, 6.45) is 4.69. The van der Waals surface area contributed by atoms with Gasteiger partial charge in [-0.05, 0) is 26.2 Å². The van der Waals surface area contributed by atoms with Crippen molar-refractivity contribution >= 4 is 23.8 Å². The van der Waals surface area contributed by atoms with Gasteiger partial charge < -0.3 is 20.9 Å². The van der Waals surface area contributed by atoms with Crippen LogP contribution in [-0.4, -0.2) is 79.4 Å². The molecule has 2 heterocycles. The first kappa shape index (κ1) is 20.0. The summed E-state index contributed by atoms with van der Waals surface area (Å²) in [5.41, 5.74) is 0. The number of nitrogens with zero attached hydrogens (tertiary/aromatic N) is 3. The van der Waals surface area contributed by atoms with Crippen molar-refractivity contribution in [2.24, 2.45) is 4.99 Å². The molecule has 0 unspecified atom stereocenters. The van der Waals surface area contributed by atoms with E-state index in [-0.39, 0.29) is 24.4 Å². The van der Waals surface area contributed by atoms with Crippen molar-refractivity contribution in [3.05, 3.63) is 0 Å². The number of nitrogens with one attached hydrogen (secondary N) is 3. The third-order valence-corrected chi connectivity index (χ3v) is 4.44. The van der Waals surface area contributed by atoms with Crippen LogP contribution in [0.15, 0.2) is 4.99 Å². The largest absolute Gasteiger partial charge is 0.357 e. The molecule has 0 aromatic heterocycles. The molecule has 0 bridgehead atoms. The summed E-state index contributed by atoms with van der Waals surface area (Å²) in [4.78, 5) is 42.6. The van der Waals surface area contributed by atoms with Crippen LogP contribution >= 0.6 is 0 Å². The Morgan fingerprint density at radius 3 is 2.69 bits per heavy atom. The van der Waals surface area contributed by atoms with Gasteiger partial charge in [-0.1, -0.05) is 6.42 Å². The molecule has 0 saturated carbocycles. The van der Waals surface area contributed by atoms with Crippen LogP contribution in [0, 0.1) is 0 Å². The second-order valence-electron chi connectivity index (χ2n) is 6.44. The fourth-order valence-corrected chi connectivity index (χ4v) is 3.04. The Kier molecular flexibility index (Phi) is 8.17. The molecule has 2 rings (SSSR count). The molecule has 3 N–H and O–H groups in total. The normalized spacial score (nSPS) is 18.8. The van der Waals surface area contributed by atoms with E-state index >= 15 is 0 Å². The second-order valence-corrected chi connectivity index (χ2v) is 6.44. The number of imide groups is 1. The quantitative estimate of drug-likeness (QED) is 0.240. The molecule has 146 valence electrons. The Balaban J connectivity index is 1.70. The van der Waals surface area contributed by atoms with E-state index in [0.717, 1.165) is 45.3 Å². The van der Waals surface area contributed by atoms with E-state index in [2.05, 4.69) is 20.9 Å². The highest BCUT2D eigenvalue weighted by Gasteiger charge is 2.27. The zero-order valence-corrected chi connectivity index (χ0v) is 15.6. The number of hydrogen-bond donors (Lipinski definition) is 3. The molecular weight excluding hydrogens is 336 g/mol. The number of amides is 4. The Morgan fingerprint density at radius 1 is 1.12 bits per heavy atom. The highest BCUT2D eigenvalue weighted by atomic mass is 16.2. The van der Waals surface area contributed by atoms with Crippen molar-refractivity contribution in [1.29, 1.82) is 0 Å². The molecule has 2 aliphatic heterocycles. The Morgan fingerprint density at radius 2 is 1.96 bits per heavy atom. The molecule has 4 amide bonds. The predicted octanol–water partition coefficient (Wildman–Crippen LogP) is -0.114. The van der Waals surface area contributed by atoms with Crippen LogP contribution in [0.25, 0.3) is 0 Å². The molecule has 0 aromatic rings. The van der Waals surface area contributed by atoms with Crippen molar-refractivity contribution in [3.63, 3.8) is 0 Å². The summed E-state index contributed by atoms with van der Waals surface area (Å²) in [5.74, 6) is 0.702. The van der Waals surface area contributed by atoms with E-state index < -0.39 is 0 Å². The monoisotopic (exact) mass is 366 g/mol. The van der Waals surface area contributed by atoms with Crippen LogP contribution in [0.4, 0.5) is 4.79 Å². The van der Waals surface area contributed by atoms with Gasteiger partial charge in [0.25, 0.3) is 0 Å². The number of rotatable bonds is 8. The molecular formula is C17H30N6O3. The number of urea groups is 1. The third-order valence-electron chi connectivity index (χ3n) is 4.44. The molecule has 0 aromatic carbocycles. The number of hydrogen-bond acceptors (Lipinski definition) is 4. The van der Waals surface area contributed by atoms with Crippen LogP contribution in [0.1, 0.15) is 39.0 Å². The van der Waals surface area contributed by atoms with E-state index in [0.29, 0.717) is 32.0 Å². The van der Waals surface area contributed by atoms with E-state index in [1.165, 1.54) is 4.90 Å². The SMILES string of the molecule is CCNC(=NCCCN1CCCCCC1=O)NCCN1C(=O)CNC1=O. The number of carbonyl (C=O) groups is 3. The minimum atomic E-state index is -0.346. The molecule has 9 nitrogen and oxygen atoms in total. The van der Waals surface area contributed by atoms with E-state index in [1.54, 1.807) is 0 Å². The van der Waals surface area contributed by atoms with Crippen LogP contribution in [0.3, 0.4) is 0 Å². The third kappa shape index (κ3) is 6.20. The van der Waals surface area contributed by atoms with Crippen molar-refractivity contribution in [1.82, 2.24) is 25.8 Å². The first-order valence-corrected chi connectivity index (χ1v) is 9.50. The van der Waals surface area contributed by atoms with Gasteiger partial charge in [-0.2, -0.15) is 0 Å². The Labute approximate surface area is 154 Å². The molecule has 0 atom stereocenters. The lowest BCUT2D eigenvalue weighted by molar-refractivity contribution is -0.130. The topological polar surface area (TPSA) is 106 Å². The molecule has 0 radical (unpaired) electrons. The first-order chi connectivity index (χ1) is 12.6. The molecule has 2 aliphatic rings. The predicted molar refractivity (Wildman–Crippen MR) is 98.8 cm³/mol. The maximum absolute atomic E-state index is 12.0. The zero-order chi connectivity index (χ0) is 18.8. The van der Waals surface area contributed by atoms with Crippen LogP contribution in [-0.2, 0) is 9.59 Å². The van der Waals surface area contributed by atoms with Gasteiger partial charge in [0.2, 0.25) is 11.8 Å². The van der Waals surface area contributed by atoms with Crippen molar-refractivity contribution in [2.75, 3.05) is 45.8 Å². The number of likely N-dealkylation sites (tertiary alicyclic amines) is 1. The first-order valence-electron chi connectivity index (χ1n) is 9.50. The van der Waals surface area contributed by atoms with Crippen LogP contribution < -0.4 is 16.0 Å². The summed E-state index contributed by atoms with van der Waals surface area (Å²) in [6.45, 7) is 5.72. The smallest absolute Gasteiger partial charge is 0.324 e. The summed E-state index contributed by atoms with van der Waals surface area (Å²) in [5, 5.41) is 8.77. The van der Waals surface area contributed by atoms with Gasteiger partial charge in [0.1, 0.15) is 0 Å². The standard InChI is InChI=1S/C17H30N6O3/c1-2-18-16(20-9-12-23-15(25)13-21-17(23)26)19-8-6-11-22-10-5-3-4-7-14(22)24/h2-13H2,1H3,(H,21,26)(H2,18,19,20). The average Bonchev–Trinajstić information content (AvgIpc) is 2.81. The zero-order valence-electron chi connectivity index (χ0n) is 15.6. The molecule has 2 fully saturated rings. The lowest BCUT2D eigenvalue weighted by Gasteiger charge is -2.20. The highest BCUT2D eigenvalue weighted by molar-refractivity contribution is 6.01. The summed E-state index contributed by atoms with van der Waals surface area (Å²) in [6, 6.07) is -0.346. The van der Waals surface area contributed by atoms with Gasteiger partial charge in [-0.25, -0.2) is 4.79 Å². The summed E-state index contributed by atoms with van der Waals surface area (Å²) < 4.78 is 0. The van der Waals surface area contributed by atoms with E-state index in [1.807, 2.05) is 11.8 Å². The van der Waals surface area contributed by atoms with E-state index in [9.17, 15) is 14.4 Å². The van der Waals surface area contributed by atoms with Gasteiger partial charge in [0, 0.05) is 45.7 Å². The average molecular weight is 366 g/mol. The van der Waals surface area contributed by atoms with Crippen LogP contribution in [0.2, 0.25) is 0 Å². The van der Waals surface area contributed by atoms with Gasteiger partial charge in [0.15, 0.2) is 5.96 Å². The molecule has 2 saturated heterocycles. The fourth-order valence-electron chi connectivity index (χ4n) is 3.04. The summed E-state index contributed by atoms with van der Waals surface area (Å²) in [7, 11) is 0. The van der Waals surface area contributed by atoms with Gasteiger partial charge >= 0.3 is 6.03 Å². The number of carbonyl (C=O) groups excluding carboxylic acids is 3. The lowest BCUT2D eigenvalue weighted by Crippen LogP contribution is -2.43. The fraction of sp³-hybridized carbons (Fsp3) is 0.765. The molecule has 0 spiro atoms. The molecule has 0 aliphatic carbocycles. The maximum Gasteiger partial charge on any atom is 0.324 e. The minimum Gasteiger partial charge on any atom is -0.357 e. The van der Waals surface area contributed by atoms with Gasteiger partial charge in [0.05, 0.1) is 6.54 Å². The van der Waals surface area contributed by atoms with Crippen molar-refractivity contribution < 1.29 is 14.4 Å². The van der Waals surface area contributed by atoms with E-state index in [4.69, 9.17) is 0 Å². The van der Waals surface area contributed by atoms with Crippen molar-refractivity contribution in [2.45, 2.75) is 39.0 Å². The lowest BCUT2D eigenvalue weighted by atomic mass is 10.2. The number of guanidine groups is 1. The Hall–Kier alpha value is -2.32.